The normalized spacial score (nSPS) is 14.3. The first-order valence-electron chi connectivity index (χ1n) is 15.2. The Labute approximate surface area is 280 Å². The molecule has 0 saturated carbocycles. The van der Waals surface area contributed by atoms with Gasteiger partial charge in [-0.15, -0.1) is 0 Å². The summed E-state index contributed by atoms with van der Waals surface area (Å²) in [5.41, 5.74) is 2.74. The number of aryl methyl sites for hydroxylation is 3. The van der Waals surface area contributed by atoms with E-state index in [0.29, 0.717) is 44.2 Å². The lowest BCUT2D eigenvalue weighted by atomic mass is 10.2. The van der Waals surface area contributed by atoms with E-state index < -0.39 is 22.8 Å². The Morgan fingerprint density at radius 3 is 2.33 bits per heavy atom. The van der Waals surface area contributed by atoms with Gasteiger partial charge < -0.3 is 23.5 Å². The maximum Gasteiger partial charge on any atom is 0.422 e. The Morgan fingerprint density at radius 1 is 0.980 bits per heavy atom. The zero-order chi connectivity index (χ0) is 34.9. The second kappa shape index (κ2) is 13.4. The fourth-order valence-electron chi connectivity index (χ4n) is 5.65. The van der Waals surface area contributed by atoms with Gasteiger partial charge in [0.1, 0.15) is 22.9 Å². The molecule has 1 fully saturated rings. The van der Waals surface area contributed by atoms with Crippen LogP contribution in [0.5, 0.6) is 17.4 Å². The smallest absolute Gasteiger partial charge is 0.422 e. The highest BCUT2D eigenvalue weighted by molar-refractivity contribution is 7.92. The number of piperazine rings is 1. The number of rotatable bonds is 10. The van der Waals surface area contributed by atoms with Gasteiger partial charge in [-0.1, -0.05) is 17.3 Å². The molecule has 3 aromatic heterocycles. The van der Waals surface area contributed by atoms with Crippen molar-refractivity contribution in [2.45, 2.75) is 31.5 Å². The number of benzene rings is 2. The molecule has 1 amide bonds. The molecule has 4 heterocycles. The molecule has 0 spiro atoms. The van der Waals surface area contributed by atoms with E-state index in [1.54, 1.807) is 31.2 Å². The zero-order valence-corrected chi connectivity index (χ0v) is 27.6. The van der Waals surface area contributed by atoms with Crippen molar-refractivity contribution >= 4 is 32.5 Å². The summed E-state index contributed by atoms with van der Waals surface area (Å²) in [6, 6.07) is 16.9. The van der Waals surface area contributed by atoms with Crippen LogP contribution in [0.15, 0.2) is 76.3 Å². The Morgan fingerprint density at radius 2 is 1.69 bits per heavy atom. The van der Waals surface area contributed by atoms with Crippen molar-refractivity contribution in [1.29, 1.82) is 0 Å². The van der Waals surface area contributed by atoms with Crippen LogP contribution in [0.25, 0.3) is 10.9 Å². The molecule has 0 bridgehead atoms. The van der Waals surface area contributed by atoms with Crippen molar-refractivity contribution in [3.63, 3.8) is 0 Å². The third-order valence-electron chi connectivity index (χ3n) is 8.08. The molecule has 1 aliphatic rings. The predicted octanol–water partition coefficient (Wildman–Crippen LogP) is 5.67. The Kier molecular flexibility index (Phi) is 9.26. The maximum absolute atomic E-state index is 13.5. The minimum absolute atomic E-state index is 0.0214. The summed E-state index contributed by atoms with van der Waals surface area (Å²) in [6.07, 6.45) is -3.05. The molecule has 49 heavy (non-hydrogen) atoms. The van der Waals surface area contributed by atoms with E-state index in [1.807, 2.05) is 28.6 Å². The first-order chi connectivity index (χ1) is 23.3. The molecule has 2 aromatic carbocycles. The van der Waals surface area contributed by atoms with Gasteiger partial charge in [0.05, 0.1) is 17.4 Å². The van der Waals surface area contributed by atoms with Crippen molar-refractivity contribution in [2.75, 3.05) is 37.5 Å². The molecule has 0 aliphatic carbocycles. The van der Waals surface area contributed by atoms with Crippen molar-refractivity contribution < 1.29 is 40.4 Å². The number of sulfonamides is 1. The van der Waals surface area contributed by atoms with Gasteiger partial charge >= 0.3 is 6.18 Å². The fourth-order valence-corrected chi connectivity index (χ4v) is 7.03. The fraction of sp³-hybridized carbons (Fsp3) is 0.303. The molecule has 1 saturated heterocycles. The third-order valence-corrected chi connectivity index (χ3v) is 9.70. The molecule has 0 radical (unpaired) electrons. The van der Waals surface area contributed by atoms with Crippen molar-refractivity contribution in [2.24, 2.45) is 7.05 Å². The summed E-state index contributed by atoms with van der Waals surface area (Å²) in [7, 11) is -2.11. The van der Waals surface area contributed by atoms with Crippen LogP contribution in [-0.2, 0) is 23.6 Å². The first-order valence-corrected chi connectivity index (χ1v) is 16.7. The van der Waals surface area contributed by atoms with E-state index in [1.165, 1.54) is 37.4 Å². The molecule has 6 rings (SSSR count). The van der Waals surface area contributed by atoms with Crippen LogP contribution in [0.2, 0.25) is 0 Å². The van der Waals surface area contributed by atoms with Crippen LogP contribution >= 0.6 is 0 Å². The molecule has 1 aliphatic heterocycles. The molecule has 16 heteroatoms. The van der Waals surface area contributed by atoms with Gasteiger partial charge in [-0.25, -0.2) is 13.4 Å². The molecule has 1 N–H and O–H groups in total. The van der Waals surface area contributed by atoms with E-state index >= 15 is 0 Å². The average Bonchev–Trinajstić information content (AvgIpc) is 3.58. The van der Waals surface area contributed by atoms with Crippen molar-refractivity contribution in [3.8, 4) is 17.4 Å². The molecule has 12 nitrogen and oxygen atoms in total. The van der Waals surface area contributed by atoms with E-state index in [2.05, 4.69) is 19.8 Å². The van der Waals surface area contributed by atoms with Crippen LogP contribution in [0.4, 0.5) is 18.9 Å². The maximum atomic E-state index is 13.5. The number of aromatic nitrogens is 3. The van der Waals surface area contributed by atoms with E-state index in [9.17, 15) is 26.4 Å². The third kappa shape index (κ3) is 7.81. The number of anilines is 1. The van der Waals surface area contributed by atoms with Gasteiger partial charge in [0.25, 0.3) is 15.9 Å². The van der Waals surface area contributed by atoms with Crippen LogP contribution in [-0.4, -0.2) is 77.8 Å². The van der Waals surface area contributed by atoms with Gasteiger partial charge in [0, 0.05) is 57.3 Å². The number of nitrogens with zero attached hydrogens (tertiary/aromatic N) is 5. The number of carbonyl (C=O) groups excluding carboxylic acids is 1. The van der Waals surface area contributed by atoms with Gasteiger partial charge in [0.2, 0.25) is 5.88 Å². The molecular weight excluding hydrogens is 665 g/mol. The summed E-state index contributed by atoms with van der Waals surface area (Å²) >= 11 is 0. The van der Waals surface area contributed by atoms with E-state index in [-0.39, 0.29) is 39.6 Å². The van der Waals surface area contributed by atoms with E-state index in [4.69, 9.17) is 14.0 Å². The summed E-state index contributed by atoms with van der Waals surface area (Å²) in [5.74, 6) is 0.978. The second-order valence-electron chi connectivity index (χ2n) is 11.7. The quantitative estimate of drug-likeness (QED) is 0.196. The first kappa shape index (κ1) is 33.8. The van der Waals surface area contributed by atoms with Gasteiger partial charge in [-0.3, -0.25) is 14.4 Å². The predicted molar refractivity (Wildman–Crippen MR) is 173 cm³/mol. The van der Waals surface area contributed by atoms with E-state index in [0.717, 1.165) is 16.5 Å². The van der Waals surface area contributed by atoms with Crippen LogP contribution in [0.3, 0.4) is 0 Å². The highest BCUT2D eigenvalue weighted by Gasteiger charge is 2.29. The van der Waals surface area contributed by atoms with Crippen LogP contribution < -0.4 is 14.2 Å². The summed E-state index contributed by atoms with van der Waals surface area (Å²) in [6.45, 7) is 4.68. The highest BCUT2D eigenvalue weighted by atomic mass is 32.2. The average molecular weight is 699 g/mol. The van der Waals surface area contributed by atoms with Gasteiger partial charge in [-0.2, -0.15) is 13.2 Å². The van der Waals surface area contributed by atoms with Crippen LogP contribution in [0.1, 0.15) is 27.5 Å². The van der Waals surface area contributed by atoms with Gasteiger partial charge in [-0.05, 0) is 55.8 Å². The molecular formula is C33H33F3N6O6S. The molecule has 0 unspecified atom stereocenters. The second-order valence-corrected chi connectivity index (χ2v) is 13.3. The number of carbonyl (C=O) groups is 1. The lowest BCUT2D eigenvalue weighted by Gasteiger charge is -2.34. The SMILES string of the molecule is Cc1noc(C)c1S(=O)(=O)Nc1ccc(Oc2ccc3cc(C(=O)N4CCN(Cc5ccc(OCC(F)(F)F)cc5)CC4)n(C)c3c2)nc1. The number of halogens is 3. The number of hydrogen-bond acceptors (Lipinski definition) is 9. The Hall–Kier alpha value is -5.09. The number of alkyl halides is 3. The largest absolute Gasteiger partial charge is 0.484 e. The lowest BCUT2D eigenvalue weighted by molar-refractivity contribution is -0.153. The summed E-state index contributed by atoms with van der Waals surface area (Å²) in [4.78, 5) is 21.7. The number of ether oxygens (including phenoxy) is 2. The summed E-state index contributed by atoms with van der Waals surface area (Å²) in [5, 5.41) is 4.55. The number of hydrogen-bond donors (Lipinski definition) is 1. The minimum Gasteiger partial charge on any atom is -0.484 e. The lowest BCUT2D eigenvalue weighted by Crippen LogP contribution is -2.48. The zero-order valence-electron chi connectivity index (χ0n) is 26.8. The molecule has 5 aromatic rings. The highest BCUT2D eigenvalue weighted by Crippen LogP contribution is 2.29. The number of amides is 1. The number of nitrogens with one attached hydrogen (secondary N) is 1. The summed E-state index contributed by atoms with van der Waals surface area (Å²) < 4.78 is 82.7. The minimum atomic E-state index is -4.39. The van der Waals surface area contributed by atoms with Crippen LogP contribution in [0, 0.1) is 13.8 Å². The number of fused-ring (bicyclic) bond motifs is 1. The standard InChI is InChI=1S/C33H33F3N6O6S/c1-21-31(22(2)48-38-21)49(44,45)39-25-7-11-30(37-18-25)47-27-10-6-24-16-29(40(3)28(24)17-27)32(43)42-14-12-41(13-15-42)19-23-4-8-26(9-5-23)46-20-33(34,35)36/h4-11,16-18,39H,12-15,19-20H2,1-3H3. The van der Waals surface area contributed by atoms with Crippen molar-refractivity contribution in [3.05, 3.63) is 89.6 Å². The monoisotopic (exact) mass is 698 g/mol. The Bertz CT molecular complexity index is 2050. The molecule has 0 atom stereocenters. The van der Waals surface area contributed by atoms with Gasteiger partial charge in [0.15, 0.2) is 17.3 Å². The topological polar surface area (TPSA) is 132 Å². The molecule has 258 valence electrons. The number of pyridine rings is 1. The van der Waals surface area contributed by atoms with Crippen molar-refractivity contribution in [1.82, 2.24) is 24.5 Å². The Balaban J connectivity index is 1.05.